The van der Waals surface area contributed by atoms with Crippen LogP contribution in [-0.4, -0.2) is 25.3 Å². The van der Waals surface area contributed by atoms with Gasteiger partial charge < -0.3 is 0 Å². The molecule has 0 aromatic heterocycles. The maximum absolute atomic E-state index is 13.3. The molecular weight excluding hydrogens is 354 g/mol. The van der Waals surface area contributed by atoms with Crippen molar-refractivity contribution in [3.8, 4) is 0 Å². The molecule has 0 amide bonds. The lowest BCUT2D eigenvalue weighted by Crippen LogP contribution is -2.53. The highest BCUT2D eigenvalue weighted by Gasteiger charge is 2.43. The van der Waals surface area contributed by atoms with Gasteiger partial charge in [-0.1, -0.05) is 72.8 Å². The molecule has 0 bridgehead atoms. The molecule has 0 N–H and O–H groups in total. The Hall–Kier alpha value is -2.43. The van der Waals surface area contributed by atoms with Gasteiger partial charge in [0.25, 0.3) is 0 Å². The second-order valence-corrected chi connectivity index (χ2v) is 8.98. The number of nitrogens with zero attached hydrogens (tertiary/aromatic N) is 1. The lowest BCUT2D eigenvalue weighted by molar-refractivity contribution is 0.180. The molecule has 1 aliphatic rings. The molecule has 1 unspecified atom stereocenters. The van der Waals surface area contributed by atoms with E-state index in [-0.39, 0.29) is 12.0 Å². The van der Waals surface area contributed by atoms with E-state index in [0.29, 0.717) is 11.4 Å². The summed E-state index contributed by atoms with van der Waals surface area (Å²) < 4.78 is 28.2. The fourth-order valence-corrected chi connectivity index (χ4v) is 5.67. The molecule has 27 heavy (non-hydrogen) atoms. The van der Waals surface area contributed by atoms with Crippen molar-refractivity contribution in [2.24, 2.45) is 0 Å². The summed E-state index contributed by atoms with van der Waals surface area (Å²) in [6.07, 6.45) is 0.861. The summed E-state index contributed by atoms with van der Waals surface area (Å²) in [7, 11) is -3.50. The van der Waals surface area contributed by atoms with Crippen LogP contribution in [0.3, 0.4) is 0 Å². The molecule has 1 saturated heterocycles. The van der Waals surface area contributed by atoms with Crippen LogP contribution in [0.1, 0.15) is 29.0 Å². The zero-order valence-electron chi connectivity index (χ0n) is 15.3. The van der Waals surface area contributed by atoms with Gasteiger partial charge in [0.15, 0.2) is 0 Å². The summed E-state index contributed by atoms with van der Waals surface area (Å²) in [4.78, 5) is 0.382. The molecule has 138 valence electrons. The average molecular weight is 378 g/mol. The number of benzene rings is 3. The second-order valence-electron chi connectivity index (χ2n) is 7.09. The second kappa shape index (κ2) is 7.29. The van der Waals surface area contributed by atoms with Crippen molar-refractivity contribution in [3.63, 3.8) is 0 Å². The van der Waals surface area contributed by atoms with Crippen LogP contribution in [0, 0.1) is 6.92 Å². The third-order valence-corrected chi connectivity index (χ3v) is 7.23. The predicted molar refractivity (Wildman–Crippen MR) is 108 cm³/mol. The highest BCUT2D eigenvalue weighted by Crippen LogP contribution is 2.40. The highest BCUT2D eigenvalue weighted by atomic mass is 32.2. The van der Waals surface area contributed by atoms with Gasteiger partial charge in [0.2, 0.25) is 10.0 Å². The quantitative estimate of drug-likeness (QED) is 0.652. The Bertz CT molecular complexity index is 977. The fourth-order valence-electron chi connectivity index (χ4n) is 3.88. The summed E-state index contributed by atoms with van der Waals surface area (Å²) in [5.74, 6) is 0.0285. The minimum atomic E-state index is -3.50. The molecule has 3 aromatic rings. The summed E-state index contributed by atoms with van der Waals surface area (Å²) >= 11 is 0. The zero-order chi connectivity index (χ0) is 18.9. The number of hydrogen-bond donors (Lipinski definition) is 0. The minimum absolute atomic E-state index is 0.0285. The van der Waals surface area contributed by atoms with Gasteiger partial charge in [-0.05, 0) is 42.2 Å². The van der Waals surface area contributed by atoms with Gasteiger partial charge in [-0.15, -0.1) is 0 Å². The summed E-state index contributed by atoms with van der Waals surface area (Å²) in [6.45, 7) is 2.49. The van der Waals surface area contributed by atoms with Crippen LogP contribution in [0.4, 0.5) is 0 Å². The van der Waals surface area contributed by atoms with E-state index in [4.69, 9.17) is 0 Å². The maximum Gasteiger partial charge on any atom is 0.243 e. The Morgan fingerprint density at radius 1 is 0.852 bits per heavy atom. The van der Waals surface area contributed by atoms with Gasteiger partial charge in [-0.3, -0.25) is 0 Å². The van der Waals surface area contributed by atoms with E-state index in [1.165, 1.54) is 0 Å². The first-order valence-corrected chi connectivity index (χ1v) is 10.7. The lowest BCUT2D eigenvalue weighted by atomic mass is 9.81. The summed E-state index contributed by atoms with van der Waals surface area (Å²) in [5, 5.41) is 0. The van der Waals surface area contributed by atoms with Crippen molar-refractivity contribution in [2.75, 3.05) is 6.54 Å². The normalized spacial score (nSPS) is 17.6. The van der Waals surface area contributed by atoms with Crippen LogP contribution < -0.4 is 0 Å². The van der Waals surface area contributed by atoms with E-state index in [2.05, 4.69) is 24.3 Å². The number of hydrogen-bond acceptors (Lipinski definition) is 2. The van der Waals surface area contributed by atoms with Crippen LogP contribution in [0.15, 0.2) is 89.8 Å². The molecule has 4 rings (SSSR count). The van der Waals surface area contributed by atoms with Crippen molar-refractivity contribution >= 4 is 10.0 Å². The Morgan fingerprint density at radius 2 is 1.44 bits per heavy atom. The molecule has 0 radical (unpaired) electrons. The largest absolute Gasteiger partial charge is 0.243 e. The van der Waals surface area contributed by atoms with Crippen LogP contribution in [0.25, 0.3) is 0 Å². The Kier molecular flexibility index (Phi) is 4.85. The number of aryl methyl sites for hydroxylation is 1. The smallest absolute Gasteiger partial charge is 0.207 e. The Balaban J connectivity index is 1.73. The van der Waals surface area contributed by atoms with Crippen LogP contribution in [-0.2, 0) is 10.0 Å². The highest BCUT2D eigenvalue weighted by molar-refractivity contribution is 7.89. The zero-order valence-corrected chi connectivity index (χ0v) is 16.1. The van der Waals surface area contributed by atoms with E-state index in [1.807, 2.05) is 55.5 Å². The van der Waals surface area contributed by atoms with E-state index >= 15 is 0 Å². The lowest BCUT2D eigenvalue weighted by Gasteiger charge is -2.44. The predicted octanol–water partition coefficient (Wildman–Crippen LogP) is 4.59. The molecule has 3 nitrogen and oxygen atoms in total. The Labute approximate surface area is 161 Å². The molecule has 4 heteroatoms. The third kappa shape index (κ3) is 3.43. The van der Waals surface area contributed by atoms with Crippen molar-refractivity contribution in [3.05, 3.63) is 102 Å². The first kappa shape index (κ1) is 18.0. The monoisotopic (exact) mass is 377 g/mol. The Morgan fingerprint density at radius 3 is 1.93 bits per heavy atom. The molecule has 0 aliphatic carbocycles. The SMILES string of the molecule is Cc1cccc(S(=O)(=O)N2CCC2C(c2ccccc2)c2ccccc2)c1. The number of sulfonamides is 1. The van der Waals surface area contributed by atoms with Gasteiger partial charge >= 0.3 is 0 Å². The minimum Gasteiger partial charge on any atom is -0.207 e. The first-order valence-electron chi connectivity index (χ1n) is 9.26. The summed E-state index contributed by atoms with van der Waals surface area (Å²) in [6, 6.07) is 27.5. The number of rotatable bonds is 5. The summed E-state index contributed by atoms with van der Waals surface area (Å²) in [5.41, 5.74) is 3.26. The fraction of sp³-hybridized carbons (Fsp3) is 0.217. The van der Waals surface area contributed by atoms with Crippen molar-refractivity contribution in [1.29, 1.82) is 0 Å². The van der Waals surface area contributed by atoms with E-state index < -0.39 is 10.0 Å². The molecule has 1 aliphatic heterocycles. The topological polar surface area (TPSA) is 37.4 Å². The molecule has 1 fully saturated rings. The van der Waals surface area contributed by atoms with E-state index in [1.54, 1.807) is 16.4 Å². The van der Waals surface area contributed by atoms with Gasteiger partial charge in [0.05, 0.1) is 4.90 Å². The van der Waals surface area contributed by atoms with Crippen molar-refractivity contribution < 1.29 is 8.42 Å². The van der Waals surface area contributed by atoms with Crippen LogP contribution >= 0.6 is 0 Å². The molecular formula is C23H23NO2S. The molecule has 1 heterocycles. The molecule has 3 aromatic carbocycles. The molecule has 0 spiro atoms. The molecule has 0 saturated carbocycles. The van der Waals surface area contributed by atoms with E-state index in [9.17, 15) is 8.42 Å². The van der Waals surface area contributed by atoms with Gasteiger partial charge in [-0.2, -0.15) is 4.31 Å². The van der Waals surface area contributed by atoms with Crippen molar-refractivity contribution in [1.82, 2.24) is 4.31 Å². The standard InChI is InChI=1S/C23H23NO2S/c1-18-9-8-14-21(17-18)27(25,26)24-16-15-22(24)23(19-10-4-2-5-11-19)20-12-6-3-7-13-20/h2-14,17,22-23H,15-16H2,1H3. The molecule has 1 atom stereocenters. The van der Waals surface area contributed by atoms with Gasteiger partial charge in [0.1, 0.15) is 0 Å². The van der Waals surface area contributed by atoms with Gasteiger partial charge in [0, 0.05) is 18.5 Å². The van der Waals surface area contributed by atoms with Gasteiger partial charge in [-0.25, -0.2) is 8.42 Å². The maximum atomic E-state index is 13.3. The van der Waals surface area contributed by atoms with Crippen molar-refractivity contribution in [2.45, 2.75) is 30.2 Å². The van der Waals surface area contributed by atoms with E-state index in [0.717, 1.165) is 23.1 Å². The first-order chi connectivity index (χ1) is 13.1. The van der Waals surface area contributed by atoms with Crippen LogP contribution in [0.5, 0.6) is 0 Å². The average Bonchev–Trinajstić information content (AvgIpc) is 2.66. The van der Waals surface area contributed by atoms with Crippen LogP contribution in [0.2, 0.25) is 0 Å². The third-order valence-electron chi connectivity index (χ3n) is 5.31.